The monoisotopic (exact) mass is 371 g/mol. The summed E-state index contributed by atoms with van der Waals surface area (Å²) >= 11 is 0. The van der Waals surface area contributed by atoms with Crippen LogP contribution in [0.1, 0.15) is 23.7 Å². The van der Waals surface area contributed by atoms with Gasteiger partial charge in [0.05, 0.1) is 0 Å². The molecule has 0 fully saturated rings. The fourth-order valence-electron chi connectivity index (χ4n) is 2.40. The average molecular weight is 371 g/mol. The maximum atomic E-state index is 12.4. The summed E-state index contributed by atoms with van der Waals surface area (Å²) in [5.74, 6) is -0.282. The molecule has 3 rings (SSSR count). The minimum atomic E-state index is -4.67. The number of fused-ring (bicyclic) bond motifs is 1. The molecule has 0 saturated carbocycles. The first kappa shape index (κ1) is 18.0. The number of aryl methyl sites for hydroxylation is 1. The van der Waals surface area contributed by atoms with E-state index >= 15 is 0 Å². The Morgan fingerprint density at radius 2 is 2.00 bits per heavy atom. The molecule has 140 valence electrons. The van der Waals surface area contributed by atoms with Gasteiger partial charge in [-0.2, -0.15) is 18.2 Å². The first-order chi connectivity index (χ1) is 12.3. The molecule has 1 aliphatic rings. The number of halogens is 3. The predicted octanol–water partition coefficient (Wildman–Crippen LogP) is 2.45. The standard InChI is InChI=1S/C16H16F3N3O4/c1-22(7-6-13-20-15(26-21-13)16(17,18)19)14(23)5-3-10-2-4-11-12(8-10)25-9-24-11/h2,4,8H,3,5-7,9H2,1H3. The van der Waals surface area contributed by atoms with Crippen molar-refractivity contribution in [1.82, 2.24) is 15.0 Å². The van der Waals surface area contributed by atoms with E-state index in [9.17, 15) is 18.0 Å². The van der Waals surface area contributed by atoms with Crippen LogP contribution in [0, 0.1) is 0 Å². The van der Waals surface area contributed by atoms with Gasteiger partial charge in [0.15, 0.2) is 17.3 Å². The molecule has 0 spiro atoms. The number of hydrogen-bond acceptors (Lipinski definition) is 6. The van der Waals surface area contributed by atoms with E-state index in [1.165, 1.54) is 4.90 Å². The van der Waals surface area contributed by atoms with Gasteiger partial charge in [0, 0.05) is 26.4 Å². The van der Waals surface area contributed by atoms with Crippen LogP contribution in [0.25, 0.3) is 0 Å². The number of hydrogen-bond donors (Lipinski definition) is 0. The third-order valence-electron chi connectivity index (χ3n) is 3.87. The molecule has 10 heteroatoms. The van der Waals surface area contributed by atoms with Crippen molar-refractivity contribution >= 4 is 5.91 Å². The van der Waals surface area contributed by atoms with E-state index in [1.54, 1.807) is 13.1 Å². The van der Waals surface area contributed by atoms with E-state index in [4.69, 9.17) is 9.47 Å². The van der Waals surface area contributed by atoms with Crippen LogP contribution in [-0.2, 0) is 23.8 Å². The lowest BCUT2D eigenvalue weighted by atomic mass is 10.1. The molecule has 0 aliphatic carbocycles. The minimum absolute atomic E-state index is 0.0752. The largest absolute Gasteiger partial charge is 0.471 e. The molecular formula is C16H16F3N3O4. The summed E-state index contributed by atoms with van der Waals surface area (Å²) in [6, 6.07) is 5.48. The molecule has 0 atom stereocenters. The summed E-state index contributed by atoms with van der Waals surface area (Å²) in [7, 11) is 1.58. The van der Waals surface area contributed by atoms with Gasteiger partial charge < -0.3 is 18.9 Å². The molecule has 1 aliphatic heterocycles. The number of ether oxygens (including phenoxy) is 2. The van der Waals surface area contributed by atoms with E-state index in [0.29, 0.717) is 17.9 Å². The van der Waals surface area contributed by atoms with Gasteiger partial charge in [0.1, 0.15) is 0 Å². The molecule has 1 aromatic carbocycles. The van der Waals surface area contributed by atoms with Crippen LogP contribution in [0.3, 0.4) is 0 Å². The highest BCUT2D eigenvalue weighted by atomic mass is 19.4. The van der Waals surface area contributed by atoms with Gasteiger partial charge in [-0.1, -0.05) is 11.2 Å². The number of aromatic nitrogens is 2. The summed E-state index contributed by atoms with van der Waals surface area (Å²) < 4.78 is 51.9. The molecule has 0 N–H and O–H groups in total. The molecule has 2 aromatic rings. The summed E-state index contributed by atoms with van der Waals surface area (Å²) in [5, 5.41) is 3.27. The Bertz CT molecular complexity index is 791. The van der Waals surface area contributed by atoms with Crippen LogP contribution in [0.5, 0.6) is 11.5 Å². The molecule has 26 heavy (non-hydrogen) atoms. The molecular weight excluding hydrogens is 355 g/mol. The van der Waals surface area contributed by atoms with Crippen molar-refractivity contribution < 1.29 is 32.0 Å². The lowest BCUT2D eigenvalue weighted by Gasteiger charge is -2.16. The summed E-state index contributed by atoms with van der Waals surface area (Å²) in [6.45, 7) is 0.378. The van der Waals surface area contributed by atoms with Crippen LogP contribution in [0.2, 0.25) is 0 Å². The number of rotatable bonds is 6. The van der Waals surface area contributed by atoms with Crippen molar-refractivity contribution in [3.63, 3.8) is 0 Å². The van der Waals surface area contributed by atoms with E-state index in [1.807, 2.05) is 12.1 Å². The highest BCUT2D eigenvalue weighted by molar-refractivity contribution is 5.76. The van der Waals surface area contributed by atoms with Crippen molar-refractivity contribution in [3.05, 3.63) is 35.5 Å². The Morgan fingerprint density at radius 1 is 1.23 bits per heavy atom. The first-order valence-electron chi connectivity index (χ1n) is 7.85. The van der Waals surface area contributed by atoms with Gasteiger partial charge in [0.2, 0.25) is 12.7 Å². The minimum Gasteiger partial charge on any atom is -0.454 e. The summed E-state index contributed by atoms with van der Waals surface area (Å²) in [6.07, 6.45) is -3.82. The smallest absolute Gasteiger partial charge is 0.454 e. The number of benzene rings is 1. The third-order valence-corrected chi connectivity index (χ3v) is 3.87. The molecule has 0 unspecified atom stereocenters. The molecule has 2 heterocycles. The highest BCUT2D eigenvalue weighted by Gasteiger charge is 2.38. The second kappa shape index (κ2) is 7.22. The number of amides is 1. The van der Waals surface area contributed by atoms with Crippen LogP contribution >= 0.6 is 0 Å². The molecule has 0 radical (unpaired) electrons. The Kier molecular flexibility index (Phi) is 5.01. The second-order valence-electron chi connectivity index (χ2n) is 5.77. The van der Waals surface area contributed by atoms with Crippen molar-refractivity contribution in [2.24, 2.45) is 0 Å². The Labute approximate surface area is 146 Å². The number of nitrogens with zero attached hydrogens (tertiary/aromatic N) is 3. The van der Waals surface area contributed by atoms with Gasteiger partial charge in [-0.25, -0.2) is 0 Å². The predicted molar refractivity (Wildman–Crippen MR) is 81.5 cm³/mol. The molecule has 1 aromatic heterocycles. The fourth-order valence-corrected chi connectivity index (χ4v) is 2.40. The second-order valence-corrected chi connectivity index (χ2v) is 5.77. The van der Waals surface area contributed by atoms with Crippen LogP contribution in [-0.4, -0.2) is 41.3 Å². The number of likely N-dealkylation sites (N-methyl/N-ethyl adjacent to an activating group) is 1. The third kappa shape index (κ3) is 4.24. The van der Waals surface area contributed by atoms with E-state index in [2.05, 4.69) is 14.7 Å². The first-order valence-corrected chi connectivity index (χ1v) is 7.85. The van der Waals surface area contributed by atoms with Gasteiger partial charge in [0.25, 0.3) is 0 Å². The zero-order valence-corrected chi connectivity index (χ0v) is 13.9. The Hall–Kier alpha value is -2.78. The van der Waals surface area contributed by atoms with Crippen molar-refractivity contribution in [1.29, 1.82) is 0 Å². The van der Waals surface area contributed by atoms with Crippen LogP contribution < -0.4 is 9.47 Å². The maximum Gasteiger partial charge on any atom is 0.471 e. The lowest BCUT2D eigenvalue weighted by molar-refractivity contribution is -0.159. The van der Waals surface area contributed by atoms with Gasteiger partial charge >= 0.3 is 12.1 Å². The Morgan fingerprint density at radius 3 is 2.73 bits per heavy atom. The zero-order chi connectivity index (χ0) is 18.7. The van der Waals surface area contributed by atoms with Crippen molar-refractivity contribution in [2.75, 3.05) is 20.4 Å². The normalized spacial score (nSPS) is 13.1. The van der Waals surface area contributed by atoms with E-state index in [0.717, 1.165) is 5.56 Å². The van der Waals surface area contributed by atoms with E-state index < -0.39 is 12.1 Å². The average Bonchev–Trinajstić information content (AvgIpc) is 3.25. The lowest BCUT2D eigenvalue weighted by Crippen LogP contribution is -2.29. The molecule has 1 amide bonds. The highest BCUT2D eigenvalue weighted by Crippen LogP contribution is 2.32. The Balaban J connectivity index is 1.46. The maximum absolute atomic E-state index is 12.4. The van der Waals surface area contributed by atoms with Crippen molar-refractivity contribution in [3.8, 4) is 11.5 Å². The van der Waals surface area contributed by atoms with Gasteiger partial charge in [-0.05, 0) is 24.1 Å². The number of alkyl halides is 3. The van der Waals surface area contributed by atoms with Crippen LogP contribution in [0.4, 0.5) is 13.2 Å². The van der Waals surface area contributed by atoms with Gasteiger partial charge in [-0.15, -0.1) is 0 Å². The molecule has 0 saturated heterocycles. The molecule has 0 bridgehead atoms. The quantitative estimate of drug-likeness (QED) is 0.776. The molecule has 7 nitrogen and oxygen atoms in total. The number of carbonyl (C=O) groups is 1. The topological polar surface area (TPSA) is 77.7 Å². The summed E-state index contributed by atoms with van der Waals surface area (Å²) in [4.78, 5) is 16.9. The van der Waals surface area contributed by atoms with Crippen LogP contribution in [0.15, 0.2) is 22.7 Å². The van der Waals surface area contributed by atoms with Gasteiger partial charge in [-0.3, -0.25) is 4.79 Å². The SMILES string of the molecule is CN(CCc1noc(C(F)(F)F)n1)C(=O)CCc1ccc2c(c1)OCO2. The number of carbonyl (C=O) groups excluding carboxylic acids is 1. The van der Waals surface area contributed by atoms with Crippen molar-refractivity contribution in [2.45, 2.75) is 25.4 Å². The fraction of sp³-hybridized carbons (Fsp3) is 0.438. The summed E-state index contributed by atoms with van der Waals surface area (Å²) in [5.41, 5.74) is 0.934. The van der Waals surface area contributed by atoms with E-state index in [-0.39, 0.29) is 37.9 Å². The zero-order valence-electron chi connectivity index (χ0n) is 13.9.